The van der Waals surface area contributed by atoms with Crippen molar-refractivity contribution >= 4 is 36.9 Å². The van der Waals surface area contributed by atoms with Crippen LogP contribution in [-0.4, -0.2) is 46.9 Å². The second kappa shape index (κ2) is 11.5. The summed E-state index contributed by atoms with van der Waals surface area (Å²) in [5, 5.41) is 17.1. The summed E-state index contributed by atoms with van der Waals surface area (Å²) >= 11 is 1.82. The average Bonchev–Trinajstić information content (AvgIpc) is 3.42. The van der Waals surface area contributed by atoms with E-state index < -0.39 is 18.2 Å². The number of nitrogens with one attached hydrogen (secondary N) is 2. The van der Waals surface area contributed by atoms with E-state index in [1.165, 1.54) is 31.4 Å². The third-order valence-corrected chi connectivity index (χ3v) is 10.1. The van der Waals surface area contributed by atoms with Gasteiger partial charge in [-0.2, -0.15) is 11.8 Å². The molecule has 2 aromatic carbocycles. The quantitative estimate of drug-likeness (QED) is 0.130. The number of non-ortho nitro benzene ring substituents is 1. The minimum absolute atomic E-state index is 0.110. The zero-order valence-electron chi connectivity index (χ0n) is 19.7. The molecule has 2 saturated heterocycles. The van der Waals surface area contributed by atoms with E-state index >= 15 is 0 Å². The molecule has 2 heterocycles. The van der Waals surface area contributed by atoms with Crippen LogP contribution in [0.4, 0.5) is 10.5 Å². The van der Waals surface area contributed by atoms with E-state index in [-0.39, 0.29) is 41.8 Å². The van der Waals surface area contributed by atoms with Crippen molar-refractivity contribution in [2.75, 3.05) is 12.9 Å². The summed E-state index contributed by atoms with van der Waals surface area (Å²) in [7, 11) is -2.79. The molecule has 0 bridgehead atoms. The highest BCUT2D eigenvalue weighted by molar-refractivity contribution is 8.00. The molecule has 12 heteroatoms. The highest BCUT2D eigenvalue weighted by Crippen LogP contribution is 2.60. The molecule has 2 unspecified atom stereocenters. The molecule has 0 radical (unpaired) electrons. The normalized spacial score (nSPS) is 23.1. The third-order valence-electron chi connectivity index (χ3n) is 6.37. The maximum Gasteiger partial charge on any atom is 0.393 e. The highest BCUT2D eigenvalue weighted by Gasteiger charge is 2.44. The summed E-state index contributed by atoms with van der Waals surface area (Å²) < 4.78 is 24.9. The van der Waals surface area contributed by atoms with Crippen molar-refractivity contribution in [3.05, 3.63) is 70.3 Å². The van der Waals surface area contributed by atoms with Gasteiger partial charge in [0.15, 0.2) is 11.4 Å². The number of carbonyl (C=O) groups excluding carboxylic acids is 2. The van der Waals surface area contributed by atoms with Gasteiger partial charge in [-0.15, -0.1) is 0 Å². The summed E-state index contributed by atoms with van der Waals surface area (Å²) in [6.45, 7) is 0. The van der Waals surface area contributed by atoms with E-state index in [1.807, 2.05) is 11.8 Å². The summed E-state index contributed by atoms with van der Waals surface area (Å²) in [6.07, 6.45) is 2.43. The fourth-order valence-corrected chi connectivity index (χ4v) is 7.94. The lowest BCUT2D eigenvalue weighted by molar-refractivity contribution is -0.384. The van der Waals surface area contributed by atoms with Crippen LogP contribution in [0.2, 0.25) is 0 Å². The number of rotatable bonds is 12. The first-order chi connectivity index (χ1) is 17.3. The van der Waals surface area contributed by atoms with Gasteiger partial charge in [0.2, 0.25) is 0 Å². The molecular weight excluding hydrogens is 505 g/mol. The number of urea groups is 1. The van der Waals surface area contributed by atoms with Gasteiger partial charge in [-0.3, -0.25) is 14.9 Å². The van der Waals surface area contributed by atoms with Gasteiger partial charge in [0.1, 0.15) is 5.75 Å². The average molecular weight is 534 g/mol. The number of hydrogen-bond acceptors (Lipinski definition) is 8. The van der Waals surface area contributed by atoms with Crippen molar-refractivity contribution in [3.8, 4) is 5.75 Å². The number of unbranched alkanes of at least 4 members (excludes halogenated alkanes) is 1. The minimum Gasteiger partial charge on any atom is -0.424 e. The first-order valence-electron chi connectivity index (χ1n) is 11.7. The molecule has 2 amide bonds. The molecule has 10 nitrogen and oxygen atoms in total. The Labute approximate surface area is 213 Å². The molecule has 0 aliphatic carbocycles. The molecule has 2 aliphatic heterocycles. The number of carbonyl (C=O) groups is 2. The van der Waals surface area contributed by atoms with Crippen LogP contribution in [0.5, 0.6) is 5.75 Å². The summed E-state index contributed by atoms with van der Waals surface area (Å²) in [6, 6.07) is 14.0. The first kappa shape index (κ1) is 26.2. The largest absolute Gasteiger partial charge is 0.424 e. The number of nitro groups is 1. The van der Waals surface area contributed by atoms with Gasteiger partial charge >= 0.3 is 13.6 Å². The standard InChI is InChI=1S/C24H28N3O7PS/c1-33-35(32,34-18-13-11-17(12-14-18)27(30)31)23(16-7-3-2-4-8-16)20(28)9-5-6-10-21-22-19(15-36-21)25-24(29)26-22/h2-4,7-8,11-14,19,21-23H,5-6,9-10,15H2,1H3,(H2,25,26,29)/t19-,21-,22-,23?,35?/m0/s1. The lowest BCUT2D eigenvalue weighted by Gasteiger charge is -2.25. The molecular formula is C24H28N3O7PS. The van der Waals surface area contributed by atoms with Gasteiger partial charge in [0, 0.05) is 36.7 Å². The van der Waals surface area contributed by atoms with Crippen LogP contribution in [0, 0.1) is 10.1 Å². The van der Waals surface area contributed by atoms with Gasteiger partial charge in [0.25, 0.3) is 5.69 Å². The second-order valence-corrected chi connectivity index (χ2v) is 12.1. The Kier molecular flexibility index (Phi) is 8.33. The minimum atomic E-state index is -4.02. The number of nitrogens with zero attached hydrogens (tertiary/aromatic N) is 1. The zero-order valence-corrected chi connectivity index (χ0v) is 21.4. The fraction of sp³-hybridized carbons (Fsp3) is 0.417. The van der Waals surface area contributed by atoms with Crippen molar-refractivity contribution in [1.82, 2.24) is 10.6 Å². The SMILES string of the molecule is COP(=O)(Oc1ccc([N+](=O)[O-])cc1)C(C(=O)CCCC[C@@H]1SC[C@@H]2NC(=O)N[C@@H]21)c1ccccc1. The van der Waals surface area contributed by atoms with Gasteiger partial charge in [0.05, 0.1) is 17.0 Å². The summed E-state index contributed by atoms with van der Waals surface area (Å²) in [5.41, 5.74) is -0.754. The van der Waals surface area contributed by atoms with Crippen molar-refractivity contribution in [3.63, 3.8) is 0 Å². The highest BCUT2D eigenvalue weighted by atomic mass is 32.2. The van der Waals surface area contributed by atoms with E-state index in [4.69, 9.17) is 9.05 Å². The Bertz CT molecular complexity index is 1150. The number of benzene rings is 2. The van der Waals surface area contributed by atoms with E-state index in [0.717, 1.165) is 18.6 Å². The number of fused-ring (bicyclic) bond motifs is 1. The molecule has 2 aromatic rings. The number of amides is 2. The van der Waals surface area contributed by atoms with E-state index in [2.05, 4.69) is 10.6 Å². The molecule has 2 N–H and O–H groups in total. The Hall–Kier alpha value is -2.88. The summed E-state index contributed by atoms with van der Waals surface area (Å²) in [4.78, 5) is 35.4. The Morgan fingerprint density at radius 2 is 1.89 bits per heavy atom. The summed E-state index contributed by atoms with van der Waals surface area (Å²) in [5.74, 6) is 0.723. The second-order valence-electron chi connectivity index (χ2n) is 8.71. The topological polar surface area (TPSA) is 137 Å². The zero-order chi connectivity index (χ0) is 25.7. The molecule has 5 atom stereocenters. The van der Waals surface area contributed by atoms with Crippen molar-refractivity contribution in [1.29, 1.82) is 0 Å². The number of Topliss-reactive ketones (excluding diaryl/α,β-unsaturated/α-hetero) is 1. The number of ketones is 1. The lowest BCUT2D eigenvalue weighted by Crippen LogP contribution is -2.36. The van der Waals surface area contributed by atoms with Crippen LogP contribution in [0.3, 0.4) is 0 Å². The van der Waals surface area contributed by atoms with Gasteiger partial charge < -0.3 is 19.7 Å². The molecule has 2 fully saturated rings. The van der Waals surface area contributed by atoms with Crippen LogP contribution in [0.15, 0.2) is 54.6 Å². The van der Waals surface area contributed by atoms with Crippen LogP contribution in [0.25, 0.3) is 0 Å². The molecule has 4 rings (SSSR count). The maximum absolute atomic E-state index is 13.9. The van der Waals surface area contributed by atoms with Crippen LogP contribution in [-0.2, 0) is 13.9 Å². The molecule has 36 heavy (non-hydrogen) atoms. The van der Waals surface area contributed by atoms with Gasteiger partial charge in [-0.05, 0) is 30.5 Å². The van der Waals surface area contributed by atoms with Gasteiger partial charge in [-0.25, -0.2) is 9.36 Å². The van der Waals surface area contributed by atoms with Crippen LogP contribution >= 0.6 is 19.4 Å². The van der Waals surface area contributed by atoms with Crippen LogP contribution < -0.4 is 15.2 Å². The van der Waals surface area contributed by atoms with E-state index in [9.17, 15) is 24.3 Å². The van der Waals surface area contributed by atoms with E-state index in [1.54, 1.807) is 30.3 Å². The van der Waals surface area contributed by atoms with Crippen molar-refractivity contribution in [2.45, 2.75) is 48.7 Å². The number of thioether (sulfide) groups is 1. The van der Waals surface area contributed by atoms with Crippen molar-refractivity contribution in [2.24, 2.45) is 0 Å². The molecule has 0 saturated carbocycles. The van der Waals surface area contributed by atoms with E-state index in [0.29, 0.717) is 17.2 Å². The first-order valence-corrected chi connectivity index (χ1v) is 14.3. The third kappa shape index (κ3) is 5.91. The molecule has 0 aromatic heterocycles. The predicted molar refractivity (Wildman–Crippen MR) is 136 cm³/mol. The number of hydrogen-bond donors (Lipinski definition) is 2. The monoisotopic (exact) mass is 533 g/mol. The molecule has 0 spiro atoms. The Balaban J connectivity index is 1.43. The molecule has 192 valence electrons. The van der Waals surface area contributed by atoms with Crippen molar-refractivity contribution < 1.29 is 28.1 Å². The maximum atomic E-state index is 13.9. The smallest absolute Gasteiger partial charge is 0.393 e. The predicted octanol–water partition coefficient (Wildman–Crippen LogP) is 4.85. The Morgan fingerprint density at radius 3 is 2.56 bits per heavy atom. The lowest BCUT2D eigenvalue weighted by atomic mass is 10.0. The molecule has 2 aliphatic rings. The fourth-order valence-electron chi connectivity index (χ4n) is 4.58. The number of nitro benzene ring substituents is 1. The van der Waals surface area contributed by atoms with Crippen LogP contribution in [0.1, 0.15) is 36.9 Å². The van der Waals surface area contributed by atoms with Gasteiger partial charge in [-0.1, -0.05) is 36.8 Å². The Morgan fingerprint density at radius 1 is 1.17 bits per heavy atom.